The first-order valence-corrected chi connectivity index (χ1v) is 24.1. The molecule has 0 aromatic heterocycles. The van der Waals surface area contributed by atoms with Crippen molar-refractivity contribution >= 4 is 25.7 Å². The molecule has 0 aliphatic heterocycles. The number of phosphoric acid groups is 1. The highest BCUT2D eigenvalue weighted by molar-refractivity contribution is 7.47. The molecule has 3 unspecified atom stereocenters. The van der Waals surface area contributed by atoms with Crippen LogP contribution >= 0.6 is 7.82 Å². The van der Waals surface area contributed by atoms with Gasteiger partial charge in [0, 0.05) is 12.8 Å². The molecule has 0 saturated heterocycles. The molecule has 12 heteroatoms. The lowest BCUT2D eigenvalue weighted by atomic mass is 10.0. The lowest BCUT2D eigenvalue weighted by Crippen LogP contribution is -2.34. The molecule has 11 nitrogen and oxygen atoms in total. The predicted molar refractivity (Wildman–Crippen MR) is 222 cm³/mol. The summed E-state index contributed by atoms with van der Waals surface area (Å²) in [6.45, 7) is 2.81. The van der Waals surface area contributed by atoms with Gasteiger partial charge >= 0.3 is 25.7 Å². The number of rotatable bonds is 43. The quantitative estimate of drug-likeness (QED) is 0.0304. The average molecular weight is 806 g/mol. The van der Waals surface area contributed by atoms with Gasteiger partial charge in [-0.3, -0.25) is 23.4 Å². The van der Waals surface area contributed by atoms with E-state index >= 15 is 0 Å². The minimum atomic E-state index is -4.70. The summed E-state index contributed by atoms with van der Waals surface area (Å²) in [5, 5.41) is 8.87. The molecular weight excluding hydrogens is 721 g/mol. The summed E-state index contributed by atoms with van der Waals surface area (Å²) in [7, 11) is -4.70. The van der Waals surface area contributed by atoms with Crippen LogP contribution in [0, 0.1) is 0 Å². The molecule has 0 heterocycles. The number of carbonyl (C=O) groups excluding carboxylic acids is 2. The van der Waals surface area contributed by atoms with Gasteiger partial charge in [0.15, 0.2) is 6.10 Å². The van der Waals surface area contributed by atoms with E-state index in [0.29, 0.717) is 12.8 Å². The van der Waals surface area contributed by atoms with Crippen LogP contribution in [-0.4, -0.2) is 59.9 Å². The standard InChI is InChI=1S/C43H84NO10P/c1-3-5-7-9-11-13-14-15-16-17-18-19-20-21-22-23-24-25-27-29-31-33-35-42(46)54-39(37-52-55(49,50)53-38-40(44)43(47)48)36-51-41(45)34-32-30-28-26-12-10-8-6-4-2/h39-40H,3-38,44H2,1-2H3,(H,47,48)(H,49,50). The molecule has 0 amide bonds. The molecule has 0 aromatic rings. The second kappa shape index (κ2) is 39.3. The number of aliphatic carboxylic acids is 1. The van der Waals surface area contributed by atoms with Crippen molar-refractivity contribution in [2.75, 3.05) is 19.8 Å². The van der Waals surface area contributed by atoms with Crippen molar-refractivity contribution in [1.29, 1.82) is 0 Å². The van der Waals surface area contributed by atoms with Crippen LogP contribution in [-0.2, 0) is 37.5 Å². The molecule has 0 rings (SSSR count). The third-order valence-electron chi connectivity index (χ3n) is 10.1. The third kappa shape index (κ3) is 39.1. The number of carboxylic acids is 1. The molecular formula is C43H84NO10P. The average Bonchev–Trinajstić information content (AvgIpc) is 3.16. The van der Waals surface area contributed by atoms with Crippen LogP contribution in [0.25, 0.3) is 0 Å². The van der Waals surface area contributed by atoms with E-state index < -0.39 is 51.1 Å². The van der Waals surface area contributed by atoms with Crippen molar-refractivity contribution in [2.24, 2.45) is 5.73 Å². The monoisotopic (exact) mass is 806 g/mol. The number of esters is 2. The van der Waals surface area contributed by atoms with Crippen LogP contribution in [0.4, 0.5) is 0 Å². The smallest absolute Gasteiger partial charge is 0.472 e. The lowest BCUT2D eigenvalue weighted by Gasteiger charge is -2.20. The van der Waals surface area contributed by atoms with Gasteiger partial charge in [0.05, 0.1) is 13.2 Å². The first-order chi connectivity index (χ1) is 26.6. The zero-order valence-corrected chi connectivity index (χ0v) is 36.2. The zero-order valence-electron chi connectivity index (χ0n) is 35.3. The molecule has 0 fully saturated rings. The fraction of sp³-hybridized carbons (Fsp3) is 0.930. The van der Waals surface area contributed by atoms with E-state index in [1.807, 2.05) is 0 Å². The van der Waals surface area contributed by atoms with E-state index in [9.17, 15) is 23.8 Å². The first kappa shape index (κ1) is 53.5. The maximum atomic E-state index is 12.6. The largest absolute Gasteiger partial charge is 0.480 e. The van der Waals surface area contributed by atoms with Crippen LogP contribution in [0.3, 0.4) is 0 Å². The van der Waals surface area contributed by atoms with Gasteiger partial charge in [-0.15, -0.1) is 0 Å². The number of unbranched alkanes of at least 4 members (excludes halogenated alkanes) is 29. The van der Waals surface area contributed by atoms with Gasteiger partial charge in [0.2, 0.25) is 0 Å². The molecule has 0 aliphatic carbocycles. The number of carbonyl (C=O) groups is 3. The normalized spacial score (nSPS) is 13.7. The van der Waals surface area contributed by atoms with Crippen molar-refractivity contribution in [1.82, 2.24) is 0 Å². The summed E-state index contributed by atoms with van der Waals surface area (Å²) in [4.78, 5) is 45.8. The van der Waals surface area contributed by atoms with Crippen LogP contribution in [0.1, 0.15) is 226 Å². The topological polar surface area (TPSA) is 172 Å². The second-order valence-electron chi connectivity index (χ2n) is 15.6. The van der Waals surface area contributed by atoms with Crippen molar-refractivity contribution in [3.05, 3.63) is 0 Å². The van der Waals surface area contributed by atoms with Crippen molar-refractivity contribution in [2.45, 2.75) is 238 Å². The number of nitrogens with two attached hydrogens (primary N) is 1. The van der Waals surface area contributed by atoms with E-state index in [4.69, 9.17) is 24.8 Å². The van der Waals surface area contributed by atoms with Gasteiger partial charge in [0.25, 0.3) is 0 Å². The van der Waals surface area contributed by atoms with Crippen molar-refractivity contribution in [3.8, 4) is 0 Å². The summed E-state index contributed by atoms with van der Waals surface area (Å²) in [5.41, 5.74) is 5.33. The first-order valence-electron chi connectivity index (χ1n) is 22.6. The zero-order chi connectivity index (χ0) is 40.7. The van der Waals surface area contributed by atoms with E-state index in [1.165, 1.54) is 148 Å². The molecule has 0 aromatic carbocycles. The van der Waals surface area contributed by atoms with Crippen LogP contribution < -0.4 is 5.73 Å². The van der Waals surface area contributed by atoms with Gasteiger partial charge in [0.1, 0.15) is 12.6 Å². The minimum Gasteiger partial charge on any atom is -0.480 e. The Morgan fingerprint density at radius 3 is 1.15 bits per heavy atom. The summed E-state index contributed by atoms with van der Waals surface area (Å²) in [5.74, 6) is -2.36. The number of carboxylic acid groups (broad SMARTS) is 1. The van der Waals surface area contributed by atoms with Gasteiger partial charge in [-0.2, -0.15) is 0 Å². The number of phosphoric ester groups is 1. The molecule has 4 N–H and O–H groups in total. The fourth-order valence-corrected chi connectivity index (χ4v) is 7.32. The maximum Gasteiger partial charge on any atom is 0.472 e. The fourth-order valence-electron chi connectivity index (χ4n) is 6.54. The maximum absolute atomic E-state index is 12.6. The van der Waals surface area contributed by atoms with Crippen LogP contribution in [0.5, 0.6) is 0 Å². The molecule has 55 heavy (non-hydrogen) atoms. The molecule has 0 aliphatic rings. The Kier molecular flexibility index (Phi) is 38.2. The van der Waals surface area contributed by atoms with Crippen LogP contribution in [0.2, 0.25) is 0 Å². The number of hydrogen-bond acceptors (Lipinski definition) is 9. The SMILES string of the molecule is CCCCCCCCCCCCCCCCCCCCCCCCC(=O)OC(COC(=O)CCCCCCCCCCC)COP(=O)(O)OCC(N)C(=O)O. The molecule has 0 radical (unpaired) electrons. The van der Waals surface area contributed by atoms with Crippen LogP contribution in [0.15, 0.2) is 0 Å². The Morgan fingerprint density at radius 2 is 0.800 bits per heavy atom. The Hall–Kier alpha value is -1.52. The van der Waals surface area contributed by atoms with E-state index in [-0.39, 0.29) is 19.4 Å². The summed E-state index contributed by atoms with van der Waals surface area (Å²) < 4.78 is 32.6. The Bertz CT molecular complexity index is 952. The lowest BCUT2D eigenvalue weighted by molar-refractivity contribution is -0.161. The number of ether oxygens (including phenoxy) is 2. The molecule has 3 atom stereocenters. The second-order valence-corrected chi connectivity index (χ2v) is 17.0. The van der Waals surface area contributed by atoms with Crippen molar-refractivity contribution < 1.29 is 47.5 Å². The Morgan fingerprint density at radius 1 is 0.491 bits per heavy atom. The summed E-state index contributed by atoms with van der Waals surface area (Å²) in [6.07, 6.45) is 37.6. The van der Waals surface area contributed by atoms with E-state index in [2.05, 4.69) is 18.4 Å². The molecule has 0 saturated carbocycles. The van der Waals surface area contributed by atoms with Gasteiger partial charge < -0.3 is 25.2 Å². The van der Waals surface area contributed by atoms with E-state index in [0.717, 1.165) is 38.5 Å². The highest BCUT2D eigenvalue weighted by Gasteiger charge is 2.28. The van der Waals surface area contributed by atoms with Gasteiger partial charge in [-0.1, -0.05) is 200 Å². The van der Waals surface area contributed by atoms with Crippen molar-refractivity contribution in [3.63, 3.8) is 0 Å². The summed E-state index contributed by atoms with van der Waals surface area (Å²) in [6, 6.07) is -1.52. The van der Waals surface area contributed by atoms with Gasteiger partial charge in [-0.05, 0) is 12.8 Å². The molecule has 0 spiro atoms. The summed E-state index contributed by atoms with van der Waals surface area (Å²) >= 11 is 0. The molecule has 0 bridgehead atoms. The van der Waals surface area contributed by atoms with Gasteiger partial charge in [-0.25, -0.2) is 4.57 Å². The Labute approximate surface area is 335 Å². The highest BCUT2D eigenvalue weighted by atomic mass is 31.2. The third-order valence-corrected chi connectivity index (χ3v) is 11.1. The van der Waals surface area contributed by atoms with E-state index in [1.54, 1.807) is 0 Å². The molecule has 326 valence electrons. The predicted octanol–water partition coefficient (Wildman–Crippen LogP) is 11.9. The number of hydrogen-bond donors (Lipinski definition) is 3. The minimum absolute atomic E-state index is 0.169. The highest BCUT2D eigenvalue weighted by Crippen LogP contribution is 2.43. The Balaban J connectivity index is 4.16.